The van der Waals surface area contributed by atoms with Crippen LogP contribution in [0.25, 0.3) is 0 Å². The number of hydrogen-bond donors (Lipinski definition) is 1. The van der Waals surface area contributed by atoms with Crippen molar-refractivity contribution in [2.24, 2.45) is 0 Å². The number of rotatable bonds is 6. The molecule has 10 heteroatoms. The van der Waals surface area contributed by atoms with Crippen LogP contribution in [0.2, 0.25) is 5.02 Å². The lowest BCUT2D eigenvalue weighted by molar-refractivity contribution is -0.387. The summed E-state index contributed by atoms with van der Waals surface area (Å²) >= 11 is 5.73. The van der Waals surface area contributed by atoms with Crippen molar-refractivity contribution in [3.63, 3.8) is 0 Å². The van der Waals surface area contributed by atoms with Gasteiger partial charge in [-0.05, 0) is 43.0 Å². The summed E-state index contributed by atoms with van der Waals surface area (Å²) in [5.74, 6) is 0.870. The van der Waals surface area contributed by atoms with Gasteiger partial charge in [-0.3, -0.25) is 10.1 Å². The molecule has 1 aromatic carbocycles. The molecule has 144 valence electrons. The Bertz CT molecular complexity index is 928. The second-order valence-corrected chi connectivity index (χ2v) is 8.44. The molecule has 27 heavy (non-hydrogen) atoms. The lowest BCUT2D eigenvalue weighted by atomic mass is 10.1. The maximum Gasteiger partial charge on any atom is 0.290 e. The molecule has 2 heterocycles. The van der Waals surface area contributed by atoms with Gasteiger partial charge in [0.25, 0.3) is 5.69 Å². The molecule has 0 atom stereocenters. The van der Waals surface area contributed by atoms with Crippen LogP contribution in [-0.2, 0) is 16.6 Å². The largest absolute Gasteiger partial charge is 0.357 e. The number of nitrogens with one attached hydrogen (secondary N) is 1. The van der Waals surface area contributed by atoms with Gasteiger partial charge in [-0.25, -0.2) is 18.1 Å². The summed E-state index contributed by atoms with van der Waals surface area (Å²) in [5.41, 5.74) is 0.101. The number of nitro groups is 1. The minimum Gasteiger partial charge on any atom is -0.357 e. The number of nitro benzene ring substituents is 1. The van der Waals surface area contributed by atoms with Crippen molar-refractivity contribution in [1.29, 1.82) is 0 Å². The maximum atomic E-state index is 12.5. The van der Waals surface area contributed by atoms with Crippen molar-refractivity contribution in [2.45, 2.75) is 30.7 Å². The van der Waals surface area contributed by atoms with Crippen LogP contribution >= 0.6 is 11.6 Å². The number of nitrogens with zero attached hydrogens (tertiary/aromatic N) is 3. The highest BCUT2D eigenvalue weighted by Crippen LogP contribution is 2.27. The Hall–Kier alpha value is -2.23. The van der Waals surface area contributed by atoms with Gasteiger partial charge < -0.3 is 4.90 Å². The van der Waals surface area contributed by atoms with Crippen molar-refractivity contribution in [3.05, 3.63) is 57.2 Å². The van der Waals surface area contributed by atoms with E-state index < -0.39 is 25.5 Å². The Morgan fingerprint density at radius 3 is 2.56 bits per heavy atom. The van der Waals surface area contributed by atoms with Gasteiger partial charge in [0.15, 0.2) is 4.90 Å². The van der Waals surface area contributed by atoms with Crippen LogP contribution in [-0.4, -0.2) is 31.4 Å². The smallest absolute Gasteiger partial charge is 0.290 e. The topological polar surface area (TPSA) is 105 Å². The van der Waals surface area contributed by atoms with Gasteiger partial charge in [-0.1, -0.05) is 17.7 Å². The third kappa shape index (κ3) is 4.74. The Labute approximate surface area is 162 Å². The Morgan fingerprint density at radius 2 is 1.93 bits per heavy atom. The zero-order valence-electron chi connectivity index (χ0n) is 14.5. The first-order valence-corrected chi connectivity index (χ1v) is 10.4. The summed E-state index contributed by atoms with van der Waals surface area (Å²) in [7, 11) is -4.07. The molecule has 2 aromatic rings. The summed E-state index contributed by atoms with van der Waals surface area (Å²) in [6.07, 6.45) is 5.13. The second kappa shape index (κ2) is 8.20. The third-order valence-corrected chi connectivity index (χ3v) is 6.05. The first-order chi connectivity index (χ1) is 12.9. The fourth-order valence-electron chi connectivity index (χ4n) is 2.95. The predicted octanol–water partition coefficient (Wildman–Crippen LogP) is 3.11. The lowest BCUT2D eigenvalue weighted by Gasteiger charge is -2.27. The van der Waals surface area contributed by atoms with Gasteiger partial charge in [0.2, 0.25) is 10.0 Å². The fraction of sp³-hybridized carbons (Fsp3) is 0.353. The van der Waals surface area contributed by atoms with Crippen LogP contribution in [0, 0.1) is 10.1 Å². The van der Waals surface area contributed by atoms with Crippen molar-refractivity contribution in [3.8, 4) is 0 Å². The second-order valence-electron chi connectivity index (χ2n) is 6.27. The van der Waals surface area contributed by atoms with E-state index in [9.17, 15) is 18.5 Å². The quantitative estimate of drug-likeness (QED) is 0.579. The Morgan fingerprint density at radius 1 is 1.19 bits per heavy atom. The first-order valence-electron chi connectivity index (χ1n) is 8.50. The molecule has 1 aliphatic heterocycles. The maximum absolute atomic E-state index is 12.5. The van der Waals surface area contributed by atoms with E-state index in [1.807, 2.05) is 6.07 Å². The average Bonchev–Trinajstić information content (AvgIpc) is 2.67. The number of aromatic nitrogens is 1. The normalized spacial score (nSPS) is 14.9. The molecule has 0 aliphatic carbocycles. The fourth-order valence-corrected chi connectivity index (χ4v) is 4.28. The molecular weight excluding hydrogens is 392 g/mol. The van der Waals surface area contributed by atoms with Crippen molar-refractivity contribution in [2.75, 3.05) is 18.0 Å². The van der Waals surface area contributed by atoms with Gasteiger partial charge in [0.1, 0.15) is 5.82 Å². The molecule has 1 saturated heterocycles. The molecule has 1 N–H and O–H groups in total. The minimum atomic E-state index is -4.07. The molecule has 0 spiro atoms. The monoisotopic (exact) mass is 410 g/mol. The average molecular weight is 411 g/mol. The Kier molecular flexibility index (Phi) is 5.93. The van der Waals surface area contributed by atoms with Crippen LogP contribution in [0.5, 0.6) is 0 Å². The number of halogens is 1. The van der Waals surface area contributed by atoms with Gasteiger partial charge in [0.05, 0.1) is 4.92 Å². The van der Waals surface area contributed by atoms with Crippen LogP contribution in [0.1, 0.15) is 24.8 Å². The molecule has 0 radical (unpaired) electrons. The standard InChI is InChI=1S/C17H19ClN4O4S/c18-14-5-6-16(15(10-14)22(23)24)27(25,26)20-12-13-4-7-17(19-11-13)21-8-2-1-3-9-21/h4-7,10-11,20H,1-3,8-9,12H2. The number of benzene rings is 1. The van der Waals surface area contributed by atoms with E-state index in [-0.39, 0.29) is 11.6 Å². The number of anilines is 1. The van der Waals surface area contributed by atoms with E-state index in [0.717, 1.165) is 43.9 Å². The van der Waals surface area contributed by atoms with E-state index in [1.165, 1.54) is 12.5 Å². The van der Waals surface area contributed by atoms with Gasteiger partial charge >= 0.3 is 0 Å². The molecule has 8 nitrogen and oxygen atoms in total. The predicted molar refractivity (Wildman–Crippen MR) is 102 cm³/mol. The molecule has 0 unspecified atom stereocenters. The lowest BCUT2D eigenvalue weighted by Crippen LogP contribution is -2.30. The number of pyridine rings is 1. The molecule has 1 fully saturated rings. The molecular formula is C17H19ClN4O4S. The molecule has 0 amide bonds. The van der Waals surface area contributed by atoms with Crippen molar-refractivity contribution < 1.29 is 13.3 Å². The summed E-state index contributed by atoms with van der Waals surface area (Å²) < 4.78 is 27.3. The molecule has 1 aromatic heterocycles. The summed E-state index contributed by atoms with van der Waals surface area (Å²) in [6, 6.07) is 7.11. The van der Waals surface area contributed by atoms with Crippen LogP contribution < -0.4 is 9.62 Å². The minimum absolute atomic E-state index is 0.0185. The van der Waals surface area contributed by atoms with Gasteiger partial charge in [-0.2, -0.15) is 0 Å². The number of piperidine rings is 1. The van der Waals surface area contributed by atoms with Crippen LogP contribution in [0.4, 0.5) is 11.5 Å². The SMILES string of the molecule is O=[N+]([O-])c1cc(Cl)ccc1S(=O)(=O)NCc1ccc(N2CCCCC2)nc1. The molecule has 0 bridgehead atoms. The van der Waals surface area contributed by atoms with Crippen LogP contribution in [0.3, 0.4) is 0 Å². The highest BCUT2D eigenvalue weighted by Gasteiger charge is 2.25. The first kappa shape index (κ1) is 19.5. The van der Waals surface area contributed by atoms with Crippen molar-refractivity contribution >= 4 is 33.1 Å². The summed E-state index contributed by atoms with van der Waals surface area (Å²) in [4.78, 5) is 16.5. The van der Waals surface area contributed by atoms with E-state index in [0.29, 0.717) is 5.56 Å². The van der Waals surface area contributed by atoms with E-state index in [1.54, 1.807) is 12.3 Å². The van der Waals surface area contributed by atoms with E-state index in [4.69, 9.17) is 11.6 Å². The summed E-state index contributed by atoms with van der Waals surface area (Å²) in [6.45, 7) is 1.92. The van der Waals surface area contributed by atoms with Crippen molar-refractivity contribution in [1.82, 2.24) is 9.71 Å². The molecule has 1 aliphatic rings. The van der Waals surface area contributed by atoms with E-state index in [2.05, 4.69) is 14.6 Å². The van der Waals surface area contributed by atoms with Crippen LogP contribution in [0.15, 0.2) is 41.4 Å². The van der Waals surface area contributed by atoms with Gasteiger partial charge in [-0.15, -0.1) is 0 Å². The summed E-state index contributed by atoms with van der Waals surface area (Å²) in [5, 5.41) is 11.2. The highest BCUT2D eigenvalue weighted by molar-refractivity contribution is 7.89. The molecule has 3 rings (SSSR count). The highest BCUT2D eigenvalue weighted by atomic mass is 35.5. The zero-order chi connectivity index (χ0) is 19.4. The van der Waals surface area contributed by atoms with Gasteiger partial charge in [0, 0.05) is 36.9 Å². The zero-order valence-corrected chi connectivity index (χ0v) is 16.0. The third-order valence-electron chi connectivity index (χ3n) is 4.36. The molecule has 0 saturated carbocycles. The number of sulfonamides is 1. The van der Waals surface area contributed by atoms with E-state index >= 15 is 0 Å². The Balaban J connectivity index is 1.71. The number of hydrogen-bond acceptors (Lipinski definition) is 6.